The highest BCUT2D eigenvalue weighted by molar-refractivity contribution is 5.86. The highest BCUT2D eigenvalue weighted by Gasteiger charge is 2.32. The van der Waals surface area contributed by atoms with E-state index < -0.39 is 11.7 Å². The molecule has 4 rings (SSSR count). The van der Waals surface area contributed by atoms with E-state index in [0.29, 0.717) is 29.8 Å². The lowest BCUT2D eigenvalue weighted by atomic mass is 9.99. The average Bonchev–Trinajstić information content (AvgIpc) is 2.86. The van der Waals surface area contributed by atoms with Crippen LogP contribution in [-0.2, 0) is 19.1 Å². The van der Waals surface area contributed by atoms with Crippen LogP contribution < -0.4 is 5.32 Å². The van der Waals surface area contributed by atoms with Crippen molar-refractivity contribution in [2.75, 3.05) is 19.6 Å². The maximum absolute atomic E-state index is 13.2. The molecule has 1 N–H and O–H groups in total. The predicted octanol–water partition coefficient (Wildman–Crippen LogP) is 5.63. The third-order valence-corrected chi connectivity index (χ3v) is 6.66. The molecule has 0 amide bonds. The summed E-state index contributed by atoms with van der Waals surface area (Å²) in [7, 11) is 0. The summed E-state index contributed by atoms with van der Waals surface area (Å²) in [6, 6.07) is 11.9. The summed E-state index contributed by atoms with van der Waals surface area (Å²) in [5, 5.41) is 16.7. The van der Waals surface area contributed by atoms with Crippen LogP contribution in [0.3, 0.4) is 0 Å². The van der Waals surface area contributed by atoms with Gasteiger partial charge in [-0.15, -0.1) is 4.91 Å². The Bertz CT molecular complexity index is 1260. The summed E-state index contributed by atoms with van der Waals surface area (Å²) >= 11 is 0. The van der Waals surface area contributed by atoms with Crippen LogP contribution in [0.1, 0.15) is 40.7 Å². The molecule has 0 atom stereocenters. The SMILES string of the molecule is Cc1ccc(CNC2CCN(CCc3c(C#N)cnc4ccc(N=O)cc34)CC2)cc1C(F)(F)F. The molecule has 35 heavy (non-hydrogen) atoms. The molecule has 0 spiro atoms. The zero-order chi connectivity index (χ0) is 25.0. The molecule has 182 valence electrons. The number of nitrogens with one attached hydrogen (secondary N) is 1. The minimum Gasteiger partial charge on any atom is -0.310 e. The number of pyridine rings is 1. The van der Waals surface area contributed by atoms with Crippen molar-refractivity contribution >= 4 is 16.6 Å². The second-order valence-corrected chi connectivity index (χ2v) is 8.95. The summed E-state index contributed by atoms with van der Waals surface area (Å²) in [5.74, 6) is 0. The van der Waals surface area contributed by atoms with Gasteiger partial charge in [0.2, 0.25) is 0 Å². The number of fused-ring (bicyclic) bond motifs is 1. The number of likely N-dealkylation sites (tertiary alicyclic amines) is 1. The highest BCUT2D eigenvalue weighted by atomic mass is 19.4. The first-order valence-corrected chi connectivity index (χ1v) is 11.6. The van der Waals surface area contributed by atoms with Crippen molar-refractivity contribution in [1.29, 1.82) is 5.26 Å². The summed E-state index contributed by atoms with van der Waals surface area (Å²) < 4.78 is 39.5. The number of benzene rings is 2. The van der Waals surface area contributed by atoms with E-state index in [9.17, 15) is 23.3 Å². The van der Waals surface area contributed by atoms with E-state index in [1.54, 1.807) is 30.5 Å². The molecule has 2 aromatic carbocycles. The smallest absolute Gasteiger partial charge is 0.310 e. The Hall–Kier alpha value is -3.35. The maximum atomic E-state index is 13.2. The molecule has 6 nitrogen and oxygen atoms in total. The molecule has 0 unspecified atom stereocenters. The second kappa shape index (κ2) is 10.5. The number of nitriles is 1. The van der Waals surface area contributed by atoms with E-state index >= 15 is 0 Å². The first kappa shape index (κ1) is 24.8. The molecular formula is C26H26F3N5O. The quantitative estimate of drug-likeness (QED) is 0.443. The van der Waals surface area contributed by atoms with Crippen LogP contribution in [0.25, 0.3) is 10.9 Å². The molecule has 9 heteroatoms. The van der Waals surface area contributed by atoms with Gasteiger partial charge in [0.15, 0.2) is 0 Å². The number of aryl methyl sites for hydroxylation is 1. The van der Waals surface area contributed by atoms with E-state index in [0.717, 1.165) is 48.9 Å². The van der Waals surface area contributed by atoms with Gasteiger partial charge < -0.3 is 10.2 Å². The summed E-state index contributed by atoms with van der Waals surface area (Å²) in [6.07, 6.45) is -0.357. The molecule has 0 bridgehead atoms. The maximum Gasteiger partial charge on any atom is 0.416 e. The highest BCUT2D eigenvalue weighted by Crippen LogP contribution is 2.32. The Labute approximate surface area is 201 Å². The zero-order valence-electron chi connectivity index (χ0n) is 19.4. The molecule has 0 radical (unpaired) electrons. The van der Waals surface area contributed by atoms with Crippen molar-refractivity contribution < 1.29 is 13.2 Å². The van der Waals surface area contributed by atoms with Gasteiger partial charge in [-0.05, 0) is 85.4 Å². The van der Waals surface area contributed by atoms with Gasteiger partial charge in [0.05, 0.1) is 16.6 Å². The molecule has 3 aromatic rings. The zero-order valence-corrected chi connectivity index (χ0v) is 19.4. The van der Waals surface area contributed by atoms with Gasteiger partial charge in [-0.2, -0.15) is 18.4 Å². The van der Waals surface area contributed by atoms with E-state index in [2.05, 4.69) is 26.4 Å². The van der Waals surface area contributed by atoms with Crippen molar-refractivity contribution in [1.82, 2.24) is 15.2 Å². The minimum atomic E-state index is -4.34. The Morgan fingerprint density at radius 1 is 1.20 bits per heavy atom. The third-order valence-electron chi connectivity index (χ3n) is 6.66. The van der Waals surface area contributed by atoms with Gasteiger partial charge in [-0.1, -0.05) is 12.1 Å². The number of piperidine rings is 1. The van der Waals surface area contributed by atoms with E-state index in [1.807, 2.05) is 0 Å². The van der Waals surface area contributed by atoms with Gasteiger partial charge in [-0.3, -0.25) is 4.98 Å². The molecule has 0 aliphatic carbocycles. The average molecular weight is 482 g/mol. The molecule has 1 aliphatic heterocycles. The van der Waals surface area contributed by atoms with E-state index in [1.165, 1.54) is 19.1 Å². The van der Waals surface area contributed by atoms with E-state index in [4.69, 9.17) is 0 Å². The summed E-state index contributed by atoms with van der Waals surface area (Å²) in [4.78, 5) is 17.6. The van der Waals surface area contributed by atoms with Crippen LogP contribution >= 0.6 is 0 Å². The van der Waals surface area contributed by atoms with Crippen molar-refractivity contribution in [3.05, 3.63) is 75.3 Å². The summed E-state index contributed by atoms with van der Waals surface area (Å²) in [6.45, 7) is 4.33. The van der Waals surface area contributed by atoms with Crippen molar-refractivity contribution in [2.24, 2.45) is 5.18 Å². The second-order valence-electron chi connectivity index (χ2n) is 8.95. The Kier molecular flexibility index (Phi) is 7.43. The van der Waals surface area contributed by atoms with Crippen molar-refractivity contribution in [2.45, 2.75) is 44.9 Å². The largest absolute Gasteiger partial charge is 0.416 e. The van der Waals surface area contributed by atoms with Crippen LogP contribution in [0.5, 0.6) is 0 Å². The van der Waals surface area contributed by atoms with Crippen LogP contribution in [0.15, 0.2) is 47.8 Å². The van der Waals surface area contributed by atoms with E-state index in [-0.39, 0.29) is 11.6 Å². The Morgan fingerprint density at radius 2 is 1.97 bits per heavy atom. The lowest BCUT2D eigenvalue weighted by Crippen LogP contribution is -2.42. The van der Waals surface area contributed by atoms with Crippen LogP contribution in [0, 0.1) is 23.2 Å². The molecule has 2 heterocycles. The standard InChI is InChI=1S/C26H26F3N5O/c1-17-2-3-18(12-24(17)26(27,28)29)15-31-20-6-9-34(10-7-20)11-8-22-19(14-30)16-32-25-5-4-21(33-35)13-23(22)25/h2-5,12-13,16,20,31H,6-11,15H2,1H3. The lowest BCUT2D eigenvalue weighted by Gasteiger charge is -2.32. The fourth-order valence-electron chi connectivity index (χ4n) is 4.64. The van der Waals surface area contributed by atoms with Gasteiger partial charge >= 0.3 is 6.18 Å². The molecular weight excluding hydrogens is 455 g/mol. The topological polar surface area (TPSA) is 81.4 Å². The van der Waals surface area contributed by atoms with Crippen molar-refractivity contribution in [3.8, 4) is 6.07 Å². The molecule has 1 aromatic heterocycles. The number of alkyl halides is 3. The van der Waals surface area contributed by atoms with Crippen LogP contribution in [-0.4, -0.2) is 35.6 Å². The Balaban J connectivity index is 1.33. The minimum absolute atomic E-state index is 0.231. The number of aromatic nitrogens is 1. The molecule has 1 fully saturated rings. The summed E-state index contributed by atoms with van der Waals surface area (Å²) in [5.41, 5.74) is 2.66. The monoisotopic (exact) mass is 481 g/mol. The number of halogens is 3. The molecule has 0 saturated carbocycles. The van der Waals surface area contributed by atoms with Crippen molar-refractivity contribution in [3.63, 3.8) is 0 Å². The molecule has 1 aliphatic rings. The van der Waals surface area contributed by atoms with Gasteiger partial charge in [0, 0.05) is 30.7 Å². The van der Waals surface area contributed by atoms with Gasteiger partial charge in [0.1, 0.15) is 11.8 Å². The lowest BCUT2D eigenvalue weighted by molar-refractivity contribution is -0.138. The van der Waals surface area contributed by atoms with Gasteiger partial charge in [0.25, 0.3) is 0 Å². The number of nitrogens with zero attached hydrogens (tertiary/aromatic N) is 4. The number of nitroso groups, excluding NO2 is 1. The predicted molar refractivity (Wildman–Crippen MR) is 128 cm³/mol. The number of hydrogen-bond acceptors (Lipinski definition) is 6. The first-order chi connectivity index (χ1) is 16.8. The van der Waals surface area contributed by atoms with Crippen LogP contribution in [0.4, 0.5) is 18.9 Å². The fraction of sp³-hybridized carbons (Fsp3) is 0.385. The fourth-order valence-corrected chi connectivity index (χ4v) is 4.64. The third kappa shape index (κ3) is 5.84. The first-order valence-electron chi connectivity index (χ1n) is 11.6. The number of hydrogen-bond donors (Lipinski definition) is 1. The van der Waals surface area contributed by atoms with Crippen LogP contribution in [0.2, 0.25) is 0 Å². The van der Waals surface area contributed by atoms with Gasteiger partial charge in [-0.25, -0.2) is 0 Å². The Morgan fingerprint density at radius 3 is 2.66 bits per heavy atom. The normalized spacial score (nSPS) is 15.3. The molecule has 1 saturated heterocycles. The number of rotatable bonds is 7.